The number of anilines is 1. The minimum absolute atomic E-state index is 0.0598. The van der Waals surface area contributed by atoms with Gasteiger partial charge in [-0.2, -0.15) is 5.26 Å². The molecule has 1 aromatic carbocycles. The first-order valence-electron chi connectivity index (χ1n) is 4.14. The molecular weight excluding hydrogens is 214 g/mol. The number of nitrogens with two attached hydrogens (primary N) is 1. The fourth-order valence-electron chi connectivity index (χ4n) is 1.20. The van der Waals surface area contributed by atoms with Gasteiger partial charge in [-0.25, -0.2) is 0 Å². The summed E-state index contributed by atoms with van der Waals surface area (Å²) in [5.74, 6) is -1.15. The molecule has 1 rings (SSSR count). The van der Waals surface area contributed by atoms with Gasteiger partial charge in [0.1, 0.15) is 11.6 Å². The minimum Gasteiger partial charge on any atom is -0.481 e. The Labute approximate surface area is 89.9 Å². The van der Waals surface area contributed by atoms with E-state index in [4.69, 9.17) is 16.1 Å². The smallest absolute Gasteiger partial charge is 0.307 e. The summed E-state index contributed by atoms with van der Waals surface area (Å²) in [5, 5.41) is 27.8. The van der Waals surface area contributed by atoms with Crippen molar-refractivity contribution in [1.29, 1.82) is 5.26 Å². The van der Waals surface area contributed by atoms with E-state index < -0.39 is 23.0 Å². The average molecular weight is 221 g/mol. The summed E-state index contributed by atoms with van der Waals surface area (Å²) in [5.41, 5.74) is 5.04. The van der Waals surface area contributed by atoms with Crippen LogP contribution in [-0.2, 0) is 11.2 Å². The fourth-order valence-corrected chi connectivity index (χ4v) is 1.20. The van der Waals surface area contributed by atoms with Gasteiger partial charge < -0.3 is 10.8 Å². The van der Waals surface area contributed by atoms with Crippen molar-refractivity contribution in [2.24, 2.45) is 0 Å². The molecule has 0 spiro atoms. The minimum atomic E-state index is -1.15. The first-order chi connectivity index (χ1) is 7.45. The number of nitriles is 1. The molecule has 0 aromatic heterocycles. The first kappa shape index (κ1) is 11.5. The lowest BCUT2D eigenvalue weighted by atomic mass is 10.1. The lowest BCUT2D eigenvalue weighted by molar-refractivity contribution is -0.385. The Morgan fingerprint density at radius 3 is 2.69 bits per heavy atom. The number of aliphatic carboxylic acids is 1. The number of carbonyl (C=O) groups is 1. The summed E-state index contributed by atoms with van der Waals surface area (Å²) in [7, 11) is 0. The largest absolute Gasteiger partial charge is 0.481 e. The van der Waals surface area contributed by atoms with E-state index in [9.17, 15) is 14.9 Å². The first-order valence-corrected chi connectivity index (χ1v) is 4.14. The number of benzene rings is 1. The van der Waals surface area contributed by atoms with Crippen molar-refractivity contribution in [3.05, 3.63) is 33.4 Å². The van der Waals surface area contributed by atoms with E-state index in [1.807, 2.05) is 0 Å². The van der Waals surface area contributed by atoms with Crippen LogP contribution in [0.2, 0.25) is 0 Å². The zero-order valence-corrected chi connectivity index (χ0v) is 8.01. The maximum Gasteiger partial charge on any atom is 0.307 e. The van der Waals surface area contributed by atoms with Crippen molar-refractivity contribution in [2.75, 3.05) is 5.73 Å². The van der Waals surface area contributed by atoms with Crippen LogP contribution < -0.4 is 5.73 Å². The van der Waals surface area contributed by atoms with E-state index >= 15 is 0 Å². The van der Waals surface area contributed by atoms with Crippen molar-refractivity contribution >= 4 is 17.3 Å². The number of nitro benzene ring substituents is 1. The van der Waals surface area contributed by atoms with Gasteiger partial charge in [0.25, 0.3) is 5.69 Å². The predicted molar refractivity (Wildman–Crippen MR) is 53.6 cm³/mol. The molecule has 0 aliphatic carbocycles. The van der Waals surface area contributed by atoms with Crippen molar-refractivity contribution in [3.63, 3.8) is 0 Å². The monoisotopic (exact) mass is 221 g/mol. The molecule has 0 heterocycles. The van der Waals surface area contributed by atoms with E-state index in [1.54, 1.807) is 6.07 Å². The Morgan fingerprint density at radius 2 is 2.25 bits per heavy atom. The van der Waals surface area contributed by atoms with Crippen molar-refractivity contribution in [1.82, 2.24) is 0 Å². The van der Waals surface area contributed by atoms with E-state index in [0.717, 1.165) is 12.1 Å². The number of nitrogens with zero attached hydrogens (tertiary/aromatic N) is 2. The number of rotatable bonds is 3. The Morgan fingerprint density at radius 1 is 1.62 bits per heavy atom. The molecule has 16 heavy (non-hydrogen) atoms. The highest BCUT2D eigenvalue weighted by Crippen LogP contribution is 2.25. The molecule has 0 unspecified atom stereocenters. The third-order valence-electron chi connectivity index (χ3n) is 1.92. The van der Waals surface area contributed by atoms with Gasteiger partial charge in [-0.1, -0.05) is 0 Å². The molecule has 0 aliphatic heterocycles. The third kappa shape index (κ3) is 2.24. The van der Waals surface area contributed by atoms with Crippen LogP contribution in [0, 0.1) is 21.4 Å². The molecule has 7 nitrogen and oxygen atoms in total. The summed E-state index contributed by atoms with van der Waals surface area (Å²) in [6, 6.07) is 3.75. The lowest BCUT2D eigenvalue weighted by Gasteiger charge is -2.03. The van der Waals surface area contributed by atoms with Gasteiger partial charge in [0.05, 0.1) is 11.3 Å². The van der Waals surface area contributed by atoms with Crippen molar-refractivity contribution in [3.8, 4) is 6.07 Å². The van der Waals surface area contributed by atoms with Crippen LogP contribution in [0.15, 0.2) is 12.1 Å². The number of hydrogen-bond acceptors (Lipinski definition) is 5. The van der Waals surface area contributed by atoms with E-state index in [1.165, 1.54) is 0 Å². The molecule has 0 fully saturated rings. The summed E-state index contributed by atoms with van der Waals surface area (Å²) >= 11 is 0. The topological polar surface area (TPSA) is 130 Å². The summed E-state index contributed by atoms with van der Waals surface area (Å²) in [6.45, 7) is 0. The average Bonchev–Trinajstić information content (AvgIpc) is 2.19. The van der Waals surface area contributed by atoms with E-state index in [0.29, 0.717) is 0 Å². The highest BCUT2D eigenvalue weighted by molar-refractivity contribution is 5.74. The molecular formula is C9H7N3O4. The Hall–Kier alpha value is -2.62. The number of nitrogen functional groups attached to an aromatic ring is 1. The molecule has 7 heteroatoms. The Kier molecular flexibility index (Phi) is 3.06. The van der Waals surface area contributed by atoms with E-state index in [-0.39, 0.29) is 16.8 Å². The highest BCUT2D eigenvalue weighted by atomic mass is 16.6. The molecule has 0 aliphatic rings. The lowest BCUT2D eigenvalue weighted by Crippen LogP contribution is -2.05. The number of carboxylic acids is 1. The standard InChI is InChI=1S/C9H7N3O4/c10-4-6-1-7(11)5(3-9(13)14)2-8(6)12(15)16/h1-2H,3,11H2,(H,13,14). The second-order valence-electron chi connectivity index (χ2n) is 3.01. The molecule has 82 valence electrons. The fraction of sp³-hybridized carbons (Fsp3) is 0.111. The molecule has 0 bridgehead atoms. The third-order valence-corrected chi connectivity index (χ3v) is 1.92. The zero-order chi connectivity index (χ0) is 12.3. The zero-order valence-electron chi connectivity index (χ0n) is 8.01. The van der Waals surface area contributed by atoms with Crippen LogP contribution in [0.4, 0.5) is 11.4 Å². The van der Waals surface area contributed by atoms with Gasteiger partial charge >= 0.3 is 5.97 Å². The van der Waals surface area contributed by atoms with Crippen LogP contribution in [-0.4, -0.2) is 16.0 Å². The molecule has 0 atom stereocenters. The van der Waals surface area contributed by atoms with E-state index in [2.05, 4.69) is 0 Å². The normalized spacial score (nSPS) is 9.44. The quantitative estimate of drug-likeness (QED) is 0.438. The molecule has 0 saturated heterocycles. The predicted octanol–water partition coefficient (Wildman–Crippen LogP) is 0.676. The molecule has 1 aromatic rings. The highest BCUT2D eigenvalue weighted by Gasteiger charge is 2.18. The second-order valence-corrected chi connectivity index (χ2v) is 3.01. The van der Waals surface area contributed by atoms with Crippen molar-refractivity contribution < 1.29 is 14.8 Å². The van der Waals surface area contributed by atoms with Crippen LogP contribution in [0.3, 0.4) is 0 Å². The maximum atomic E-state index is 10.6. The van der Waals surface area contributed by atoms with Gasteiger partial charge in [0.15, 0.2) is 0 Å². The molecule has 3 N–H and O–H groups in total. The van der Waals surface area contributed by atoms with Gasteiger partial charge in [-0.15, -0.1) is 0 Å². The number of nitro groups is 1. The SMILES string of the molecule is N#Cc1cc(N)c(CC(=O)O)cc1[N+](=O)[O-]. The number of carboxylic acid groups (broad SMARTS) is 1. The van der Waals surface area contributed by atoms with Crippen LogP contribution >= 0.6 is 0 Å². The molecule has 0 amide bonds. The number of hydrogen-bond donors (Lipinski definition) is 2. The molecule has 0 radical (unpaired) electrons. The van der Waals surface area contributed by atoms with Gasteiger partial charge in [-0.3, -0.25) is 14.9 Å². The van der Waals surface area contributed by atoms with Crippen LogP contribution in [0.5, 0.6) is 0 Å². The summed E-state index contributed by atoms with van der Waals surface area (Å²) in [4.78, 5) is 20.3. The Bertz CT molecular complexity index is 504. The van der Waals surface area contributed by atoms with Crippen LogP contribution in [0.25, 0.3) is 0 Å². The molecule has 0 saturated carbocycles. The van der Waals surface area contributed by atoms with Gasteiger partial charge in [0.2, 0.25) is 0 Å². The van der Waals surface area contributed by atoms with Crippen LogP contribution in [0.1, 0.15) is 11.1 Å². The summed E-state index contributed by atoms with van der Waals surface area (Å²) in [6.07, 6.45) is -0.418. The van der Waals surface area contributed by atoms with Gasteiger partial charge in [-0.05, 0) is 11.6 Å². The summed E-state index contributed by atoms with van der Waals surface area (Å²) < 4.78 is 0. The maximum absolute atomic E-state index is 10.6. The Balaban J connectivity index is 3.34. The second kappa shape index (κ2) is 4.27. The van der Waals surface area contributed by atoms with Gasteiger partial charge in [0, 0.05) is 11.8 Å². The van der Waals surface area contributed by atoms with Crippen molar-refractivity contribution in [2.45, 2.75) is 6.42 Å².